The van der Waals surface area contributed by atoms with Gasteiger partial charge in [-0.15, -0.1) is 10.2 Å². The molecule has 0 spiro atoms. The summed E-state index contributed by atoms with van der Waals surface area (Å²) in [4.78, 5) is 14.7. The van der Waals surface area contributed by atoms with Crippen LogP contribution in [-0.4, -0.2) is 48.2 Å². The lowest BCUT2D eigenvalue weighted by Crippen LogP contribution is -2.42. The lowest BCUT2D eigenvalue weighted by atomic mass is 9.93. The van der Waals surface area contributed by atoms with Gasteiger partial charge in [0.15, 0.2) is 11.0 Å². The van der Waals surface area contributed by atoms with Crippen molar-refractivity contribution in [1.29, 1.82) is 0 Å². The van der Waals surface area contributed by atoms with E-state index in [2.05, 4.69) is 21.7 Å². The number of thioether (sulfide) groups is 1. The first-order valence-electron chi connectivity index (χ1n) is 8.59. The lowest BCUT2D eigenvalue weighted by molar-refractivity contribution is -0.140. The van der Waals surface area contributed by atoms with Crippen LogP contribution in [-0.2, 0) is 31.4 Å². The Morgan fingerprint density at radius 3 is 2.60 bits per heavy atom. The van der Waals surface area contributed by atoms with Gasteiger partial charge in [-0.3, -0.25) is 9.48 Å². The molecule has 25 heavy (non-hydrogen) atoms. The molecule has 136 valence electrons. The maximum atomic E-state index is 12.7. The van der Waals surface area contributed by atoms with Gasteiger partial charge in [0, 0.05) is 49.8 Å². The van der Waals surface area contributed by atoms with Crippen molar-refractivity contribution in [2.45, 2.75) is 52.4 Å². The first kappa shape index (κ1) is 18.0. The Labute approximate surface area is 152 Å². The molecule has 2 aromatic rings. The highest BCUT2D eigenvalue weighted by molar-refractivity contribution is 7.98. The summed E-state index contributed by atoms with van der Waals surface area (Å²) in [5, 5.41) is 14.3. The van der Waals surface area contributed by atoms with E-state index in [-0.39, 0.29) is 11.3 Å². The summed E-state index contributed by atoms with van der Waals surface area (Å²) in [5.74, 6) is 0.962. The van der Waals surface area contributed by atoms with Crippen LogP contribution in [0.15, 0.2) is 5.16 Å². The van der Waals surface area contributed by atoms with Crippen molar-refractivity contribution in [3.05, 3.63) is 11.3 Å². The van der Waals surface area contributed by atoms with Gasteiger partial charge in [-0.05, 0) is 13.2 Å². The quantitative estimate of drug-likeness (QED) is 0.784. The fraction of sp³-hybridized carbons (Fsp3) is 0.647. The van der Waals surface area contributed by atoms with Crippen LogP contribution >= 0.6 is 11.8 Å². The first-order valence-corrected chi connectivity index (χ1v) is 9.82. The number of carbonyl (C=O) groups excluding carboxylic acids is 1. The van der Waals surface area contributed by atoms with Crippen LogP contribution in [0.25, 0.3) is 11.5 Å². The van der Waals surface area contributed by atoms with Crippen molar-refractivity contribution in [1.82, 2.24) is 29.4 Å². The Bertz CT molecular complexity index is 801. The van der Waals surface area contributed by atoms with E-state index in [1.54, 1.807) is 11.8 Å². The highest BCUT2D eigenvalue weighted by Crippen LogP contribution is 2.32. The van der Waals surface area contributed by atoms with Gasteiger partial charge in [0.1, 0.15) is 5.69 Å². The molecule has 0 unspecified atom stereocenters. The smallest absolute Gasteiger partial charge is 0.228 e. The fourth-order valence-corrected chi connectivity index (χ4v) is 3.88. The zero-order valence-corrected chi connectivity index (χ0v) is 16.6. The fourth-order valence-electron chi connectivity index (χ4n) is 3.32. The number of nitrogens with zero attached hydrogens (tertiary/aromatic N) is 6. The molecule has 3 heterocycles. The molecule has 2 aromatic heterocycles. The number of rotatable bonds is 3. The summed E-state index contributed by atoms with van der Waals surface area (Å²) in [6, 6.07) is 0. The molecule has 1 amide bonds. The second kappa shape index (κ2) is 6.48. The SMILES string of the molecule is CCn1c(SC)nnc1-c1nn(C)c2c1CN(C(=O)C(C)(C)C)CC2. The summed E-state index contributed by atoms with van der Waals surface area (Å²) >= 11 is 1.58. The normalized spacial score (nSPS) is 14.7. The highest BCUT2D eigenvalue weighted by Gasteiger charge is 2.33. The minimum absolute atomic E-state index is 0.176. The van der Waals surface area contributed by atoms with Crippen molar-refractivity contribution in [2.75, 3.05) is 12.8 Å². The molecule has 1 aliphatic heterocycles. The maximum absolute atomic E-state index is 12.7. The number of hydrogen-bond donors (Lipinski definition) is 0. The third-order valence-corrected chi connectivity index (χ3v) is 5.27. The topological polar surface area (TPSA) is 68.8 Å². The zero-order chi connectivity index (χ0) is 18.4. The average molecular weight is 363 g/mol. The van der Waals surface area contributed by atoms with Crippen molar-refractivity contribution in [3.8, 4) is 11.5 Å². The van der Waals surface area contributed by atoms with E-state index in [9.17, 15) is 4.79 Å². The number of hydrogen-bond acceptors (Lipinski definition) is 5. The van der Waals surface area contributed by atoms with E-state index in [1.165, 1.54) is 5.69 Å². The number of aryl methyl sites for hydroxylation is 1. The van der Waals surface area contributed by atoms with Crippen LogP contribution in [0, 0.1) is 5.41 Å². The number of carbonyl (C=O) groups is 1. The zero-order valence-electron chi connectivity index (χ0n) is 15.8. The Balaban J connectivity index is 2.03. The Morgan fingerprint density at radius 2 is 2.00 bits per heavy atom. The maximum Gasteiger partial charge on any atom is 0.228 e. The first-order chi connectivity index (χ1) is 11.8. The van der Waals surface area contributed by atoms with Crippen LogP contribution in [0.5, 0.6) is 0 Å². The molecular weight excluding hydrogens is 336 g/mol. The Kier molecular flexibility index (Phi) is 4.66. The van der Waals surface area contributed by atoms with E-state index in [0.29, 0.717) is 6.54 Å². The van der Waals surface area contributed by atoms with Gasteiger partial charge in [0.25, 0.3) is 0 Å². The molecule has 0 aromatic carbocycles. The Morgan fingerprint density at radius 1 is 1.28 bits per heavy atom. The molecule has 0 N–H and O–H groups in total. The van der Waals surface area contributed by atoms with Gasteiger partial charge >= 0.3 is 0 Å². The molecule has 0 saturated heterocycles. The molecular formula is C17H26N6OS. The second-order valence-corrected chi connectivity index (χ2v) is 8.15. The molecule has 0 radical (unpaired) electrons. The molecule has 0 atom stereocenters. The molecule has 7 nitrogen and oxygen atoms in total. The van der Waals surface area contributed by atoms with Crippen LogP contribution in [0.2, 0.25) is 0 Å². The van der Waals surface area contributed by atoms with Gasteiger partial charge in [-0.25, -0.2) is 0 Å². The average Bonchev–Trinajstić information content (AvgIpc) is 3.13. The van der Waals surface area contributed by atoms with Gasteiger partial charge in [0.2, 0.25) is 5.91 Å². The molecule has 0 fully saturated rings. The minimum atomic E-state index is -0.380. The standard InChI is InChI=1S/C17H26N6OS/c1-7-23-14(18-19-16(23)25-6)13-11-10-22(15(24)17(2,3)4)9-8-12(11)21(5)20-13/h7-10H2,1-6H3. The molecule has 3 rings (SSSR count). The summed E-state index contributed by atoms with van der Waals surface area (Å²) in [6.07, 6.45) is 2.81. The monoisotopic (exact) mass is 362 g/mol. The number of fused-ring (bicyclic) bond motifs is 1. The molecule has 0 aliphatic carbocycles. The summed E-state index contributed by atoms with van der Waals surface area (Å²) in [5.41, 5.74) is 2.75. The Hall–Kier alpha value is -1.83. The third-order valence-electron chi connectivity index (χ3n) is 4.60. The summed E-state index contributed by atoms with van der Waals surface area (Å²) < 4.78 is 4.01. The van der Waals surface area contributed by atoms with Crippen LogP contribution in [0.3, 0.4) is 0 Å². The van der Waals surface area contributed by atoms with Gasteiger partial charge < -0.3 is 9.47 Å². The van der Waals surface area contributed by atoms with E-state index < -0.39 is 0 Å². The van der Waals surface area contributed by atoms with Crippen molar-refractivity contribution < 1.29 is 4.79 Å². The number of amides is 1. The largest absolute Gasteiger partial charge is 0.337 e. The molecule has 1 aliphatic rings. The van der Waals surface area contributed by atoms with Crippen LogP contribution in [0.1, 0.15) is 39.0 Å². The van der Waals surface area contributed by atoms with E-state index in [0.717, 1.165) is 41.7 Å². The van der Waals surface area contributed by atoms with Crippen molar-refractivity contribution in [3.63, 3.8) is 0 Å². The number of aromatic nitrogens is 5. The molecule has 0 bridgehead atoms. The van der Waals surface area contributed by atoms with Gasteiger partial charge in [-0.2, -0.15) is 5.10 Å². The van der Waals surface area contributed by atoms with E-state index in [4.69, 9.17) is 5.10 Å². The minimum Gasteiger partial charge on any atom is -0.337 e. The molecule has 8 heteroatoms. The summed E-state index contributed by atoms with van der Waals surface area (Å²) in [6.45, 7) is 10.1. The highest BCUT2D eigenvalue weighted by atomic mass is 32.2. The van der Waals surface area contributed by atoms with E-state index in [1.807, 2.05) is 43.7 Å². The molecule has 0 saturated carbocycles. The predicted molar refractivity (Wildman–Crippen MR) is 98.3 cm³/mol. The van der Waals surface area contributed by atoms with E-state index >= 15 is 0 Å². The predicted octanol–water partition coefficient (Wildman–Crippen LogP) is 2.35. The summed E-state index contributed by atoms with van der Waals surface area (Å²) in [7, 11) is 1.96. The van der Waals surface area contributed by atoms with Gasteiger partial charge in [0.05, 0.1) is 0 Å². The van der Waals surface area contributed by atoms with Gasteiger partial charge in [-0.1, -0.05) is 32.5 Å². The second-order valence-electron chi connectivity index (χ2n) is 7.38. The van der Waals surface area contributed by atoms with Crippen LogP contribution < -0.4 is 0 Å². The van der Waals surface area contributed by atoms with Crippen molar-refractivity contribution in [2.24, 2.45) is 12.5 Å². The lowest BCUT2D eigenvalue weighted by Gasteiger charge is -2.32. The third kappa shape index (κ3) is 3.07. The van der Waals surface area contributed by atoms with Crippen LogP contribution in [0.4, 0.5) is 0 Å². The van der Waals surface area contributed by atoms with Crippen molar-refractivity contribution >= 4 is 17.7 Å².